The Labute approximate surface area is 150 Å². The second kappa shape index (κ2) is 7.09. The van der Waals surface area contributed by atoms with Crippen LogP contribution in [-0.2, 0) is 4.79 Å². The highest BCUT2D eigenvalue weighted by atomic mass is 35.5. The largest absolute Gasteiger partial charge is 0.390 e. The first-order valence-electron chi connectivity index (χ1n) is 6.98. The summed E-state index contributed by atoms with van der Waals surface area (Å²) in [6.45, 7) is -0.619. The lowest BCUT2D eigenvalue weighted by molar-refractivity contribution is -0.137. The zero-order valence-corrected chi connectivity index (χ0v) is 14.1. The zero-order chi connectivity index (χ0) is 18.9. The molecule has 0 bridgehead atoms. The number of carbonyl (C=O) groups is 2. The number of benzene rings is 1. The molecule has 11 heteroatoms. The van der Waals surface area contributed by atoms with Gasteiger partial charge in [-0.1, -0.05) is 23.2 Å². The first kappa shape index (κ1) is 19.3. The van der Waals surface area contributed by atoms with Crippen LogP contribution >= 0.6 is 23.2 Å². The highest BCUT2D eigenvalue weighted by molar-refractivity contribution is 6.42. The molecule has 0 saturated carbocycles. The third-order valence-electron chi connectivity index (χ3n) is 3.58. The summed E-state index contributed by atoms with van der Waals surface area (Å²) in [4.78, 5) is 28.6. The van der Waals surface area contributed by atoms with Crippen LogP contribution in [0.5, 0.6) is 0 Å². The smallest absolute Gasteiger partial charge is 0.370 e. The van der Waals surface area contributed by atoms with Crippen molar-refractivity contribution in [3.05, 3.63) is 33.3 Å². The van der Waals surface area contributed by atoms with Crippen LogP contribution in [0.3, 0.4) is 0 Å². The van der Waals surface area contributed by atoms with Crippen molar-refractivity contribution in [1.29, 1.82) is 0 Å². The highest BCUT2D eigenvalue weighted by Gasteiger charge is 2.40. The molecular weight excluding hydrogens is 384 g/mol. The number of fused-ring (bicyclic) bond motifs is 1. The number of rotatable bonds is 4. The van der Waals surface area contributed by atoms with Crippen molar-refractivity contribution in [1.82, 2.24) is 4.90 Å². The van der Waals surface area contributed by atoms with Gasteiger partial charge in [-0.2, -0.15) is 18.2 Å². The lowest BCUT2D eigenvalue weighted by Gasteiger charge is -2.25. The molecule has 1 heterocycles. The van der Waals surface area contributed by atoms with E-state index in [0.29, 0.717) is 5.56 Å². The lowest BCUT2D eigenvalue weighted by Crippen LogP contribution is -2.33. The molecule has 2 amide bonds. The third-order valence-corrected chi connectivity index (χ3v) is 4.30. The van der Waals surface area contributed by atoms with Crippen LogP contribution in [0, 0.1) is 0 Å². The number of amides is 2. The molecule has 1 aliphatic rings. The third kappa shape index (κ3) is 4.55. The molecule has 0 fully saturated rings. The summed E-state index contributed by atoms with van der Waals surface area (Å²) in [5, 5.41) is 0.200. The number of carbonyl (C=O) groups excluding carboxylic acids is 2. The van der Waals surface area contributed by atoms with Gasteiger partial charge < -0.3 is 16.4 Å². The van der Waals surface area contributed by atoms with Crippen molar-refractivity contribution >= 4 is 41.0 Å². The topological polar surface area (TPSA) is 102 Å². The number of nitrogens with two attached hydrogens (primary N) is 2. The average molecular weight is 397 g/mol. The Balaban J connectivity index is 2.38. The van der Waals surface area contributed by atoms with Crippen LogP contribution in [0.1, 0.15) is 34.8 Å². The molecule has 25 heavy (non-hydrogen) atoms. The number of aliphatic imine (C=N–C) groups is 1. The van der Waals surface area contributed by atoms with Crippen molar-refractivity contribution in [3.63, 3.8) is 0 Å². The van der Waals surface area contributed by atoms with E-state index in [1.807, 2.05) is 0 Å². The quantitative estimate of drug-likeness (QED) is 0.603. The molecule has 1 atom stereocenters. The monoisotopic (exact) mass is 396 g/mol. The first-order chi connectivity index (χ1) is 11.5. The van der Waals surface area contributed by atoms with Gasteiger partial charge in [0.15, 0.2) is 5.96 Å². The van der Waals surface area contributed by atoms with Gasteiger partial charge in [0.25, 0.3) is 11.8 Å². The Morgan fingerprint density at radius 2 is 1.84 bits per heavy atom. The Hall–Kier alpha value is -2.00. The maximum Gasteiger partial charge on any atom is 0.390 e. The lowest BCUT2D eigenvalue weighted by atomic mass is 10.0. The van der Waals surface area contributed by atoms with E-state index in [0.717, 1.165) is 4.90 Å². The number of guanidine groups is 1. The Bertz CT molecular complexity index is 748. The van der Waals surface area contributed by atoms with Gasteiger partial charge in [0, 0.05) is 12.1 Å². The highest BCUT2D eigenvalue weighted by Crippen LogP contribution is 2.40. The summed E-state index contributed by atoms with van der Waals surface area (Å²) < 4.78 is 37.7. The van der Waals surface area contributed by atoms with E-state index in [1.54, 1.807) is 0 Å². The van der Waals surface area contributed by atoms with E-state index in [4.69, 9.17) is 34.7 Å². The van der Waals surface area contributed by atoms with Crippen LogP contribution in [0.2, 0.25) is 10.0 Å². The van der Waals surface area contributed by atoms with Gasteiger partial charge >= 0.3 is 6.18 Å². The molecule has 6 nitrogen and oxygen atoms in total. The van der Waals surface area contributed by atoms with Crippen LogP contribution in [0.25, 0.3) is 0 Å². The minimum Gasteiger partial charge on any atom is -0.370 e. The first-order valence-corrected chi connectivity index (χ1v) is 7.74. The Kier molecular flexibility index (Phi) is 5.48. The van der Waals surface area contributed by atoms with Gasteiger partial charge in [0.05, 0.1) is 28.9 Å². The minimum atomic E-state index is -4.46. The molecule has 1 aromatic rings. The van der Waals surface area contributed by atoms with Crippen molar-refractivity contribution in [2.45, 2.75) is 25.1 Å². The van der Waals surface area contributed by atoms with Crippen LogP contribution in [0.4, 0.5) is 13.2 Å². The van der Waals surface area contributed by atoms with Gasteiger partial charge in [0.2, 0.25) is 0 Å². The molecule has 4 N–H and O–H groups in total. The fourth-order valence-corrected chi connectivity index (χ4v) is 2.90. The van der Waals surface area contributed by atoms with Gasteiger partial charge in [0.1, 0.15) is 0 Å². The maximum absolute atomic E-state index is 12.6. The van der Waals surface area contributed by atoms with Gasteiger partial charge in [-0.3, -0.25) is 9.59 Å². The predicted octanol–water partition coefficient (Wildman–Crippen LogP) is 2.63. The summed E-state index contributed by atoms with van der Waals surface area (Å²) >= 11 is 11.8. The molecule has 1 unspecified atom stereocenters. The van der Waals surface area contributed by atoms with Crippen LogP contribution in [0.15, 0.2) is 17.1 Å². The van der Waals surface area contributed by atoms with E-state index in [9.17, 15) is 22.8 Å². The number of alkyl halides is 3. The molecule has 1 aliphatic heterocycles. The number of hydrogen-bond acceptors (Lipinski definition) is 2. The van der Waals surface area contributed by atoms with Gasteiger partial charge in [-0.25, -0.2) is 0 Å². The van der Waals surface area contributed by atoms with Crippen LogP contribution < -0.4 is 11.5 Å². The van der Waals surface area contributed by atoms with Crippen molar-refractivity contribution in [2.24, 2.45) is 16.5 Å². The molecule has 0 aliphatic carbocycles. The SMILES string of the molecule is NC(N)=NC(=O)CC1c2cc(Cl)c(Cl)cc2C(=O)N1CCC(F)(F)F. The van der Waals surface area contributed by atoms with E-state index >= 15 is 0 Å². The van der Waals surface area contributed by atoms with E-state index in [1.165, 1.54) is 12.1 Å². The summed E-state index contributed by atoms with van der Waals surface area (Å²) in [6.07, 6.45) is -6.06. The summed E-state index contributed by atoms with van der Waals surface area (Å²) in [5.74, 6) is -1.92. The second-order valence-corrected chi connectivity index (χ2v) is 6.18. The summed E-state index contributed by atoms with van der Waals surface area (Å²) in [6, 6.07) is 1.67. The predicted molar refractivity (Wildman–Crippen MR) is 86.3 cm³/mol. The number of nitrogens with zero attached hydrogens (tertiary/aromatic N) is 2. The zero-order valence-electron chi connectivity index (χ0n) is 12.6. The van der Waals surface area contributed by atoms with E-state index < -0.39 is 43.0 Å². The molecule has 1 aromatic carbocycles. The van der Waals surface area contributed by atoms with E-state index in [-0.39, 0.29) is 22.0 Å². The van der Waals surface area contributed by atoms with Crippen molar-refractivity contribution in [2.75, 3.05) is 6.54 Å². The molecule has 136 valence electrons. The Morgan fingerprint density at radius 3 is 2.40 bits per heavy atom. The minimum absolute atomic E-state index is 0.0840. The second-order valence-electron chi connectivity index (χ2n) is 5.37. The number of hydrogen-bond donors (Lipinski definition) is 2. The van der Waals surface area contributed by atoms with E-state index in [2.05, 4.69) is 4.99 Å². The normalized spacial score (nSPS) is 16.8. The fourth-order valence-electron chi connectivity index (χ4n) is 2.57. The van der Waals surface area contributed by atoms with Gasteiger partial charge in [-0.15, -0.1) is 0 Å². The Morgan fingerprint density at radius 1 is 1.24 bits per heavy atom. The van der Waals surface area contributed by atoms with Crippen molar-refractivity contribution < 1.29 is 22.8 Å². The number of halogens is 5. The fraction of sp³-hybridized carbons (Fsp3) is 0.357. The summed E-state index contributed by atoms with van der Waals surface area (Å²) in [5.41, 5.74) is 10.6. The average Bonchev–Trinajstić information content (AvgIpc) is 2.68. The standard InChI is InChI=1S/C14H13Cl2F3N4O2/c15-8-3-6-7(4-9(8)16)12(25)23(2-1-14(17,18)19)10(6)5-11(24)22-13(20)21/h3-4,10H,1-2,5H2,(H4,20,21,22,24). The maximum atomic E-state index is 12.6. The molecule has 0 spiro atoms. The molecule has 0 aromatic heterocycles. The molecule has 2 rings (SSSR count). The molecule has 0 radical (unpaired) electrons. The molecular formula is C14H13Cl2F3N4O2. The molecule has 0 saturated heterocycles. The summed E-state index contributed by atoms with van der Waals surface area (Å²) in [7, 11) is 0. The van der Waals surface area contributed by atoms with Gasteiger partial charge in [-0.05, 0) is 17.7 Å². The van der Waals surface area contributed by atoms with Crippen molar-refractivity contribution in [3.8, 4) is 0 Å². The van der Waals surface area contributed by atoms with Crippen LogP contribution in [-0.4, -0.2) is 35.4 Å².